The maximum absolute atomic E-state index is 12.3. The van der Waals surface area contributed by atoms with Gasteiger partial charge in [-0.05, 0) is 46.6 Å². The van der Waals surface area contributed by atoms with Crippen LogP contribution in [0.3, 0.4) is 0 Å². The summed E-state index contributed by atoms with van der Waals surface area (Å²) in [7, 11) is 0. The number of carbonyl (C=O) groups excluding carboxylic acids is 1. The number of rotatable bonds is 3. The van der Waals surface area contributed by atoms with Gasteiger partial charge >= 0.3 is 0 Å². The maximum Gasteiger partial charge on any atom is 0.270 e. The Bertz CT molecular complexity index is 734. The number of amides is 1. The summed E-state index contributed by atoms with van der Waals surface area (Å²) in [5, 5.41) is 14.0. The lowest BCUT2D eigenvalue weighted by Crippen LogP contribution is -2.13. The first-order valence-corrected chi connectivity index (χ1v) is 7.07. The van der Waals surface area contributed by atoms with Crippen molar-refractivity contribution in [2.75, 3.05) is 5.32 Å². The van der Waals surface area contributed by atoms with Crippen LogP contribution in [0.25, 0.3) is 0 Å². The molecule has 0 bridgehead atoms. The van der Waals surface area contributed by atoms with Crippen molar-refractivity contribution >= 4 is 44.8 Å². The van der Waals surface area contributed by atoms with Gasteiger partial charge in [0.2, 0.25) is 0 Å². The maximum atomic E-state index is 12.3. The van der Waals surface area contributed by atoms with E-state index in [4.69, 9.17) is 11.6 Å². The Hall–Kier alpha value is -1.92. The standard InChI is InChI=1S/C14H10BrClN2O3/c1-8-2-3-9(16)6-13(8)17-14(19)11-7-10(18(20)21)4-5-12(11)15/h2-7H,1H3,(H,17,19). The topological polar surface area (TPSA) is 72.2 Å². The molecule has 0 spiro atoms. The van der Waals surface area contributed by atoms with Crippen molar-refractivity contribution in [3.63, 3.8) is 0 Å². The zero-order valence-corrected chi connectivity index (χ0v) is 13.2. The van der Waals surface area contributed by atoms with Crippen LogP contribution in [-0.2, 0) is 0 Å². The lowest BCUT2D eigenvalue weighted by atomic mass is 10.1. The number of anilines is 1. The van der Waals surface area contributed by atoms with Crippen molar-refractivity contribution in [1.82, 2.24) is 0 Å². The predicted octanol–water partition coefficient (Wildman–Crippen LogP) is 4.57. The van der Waals surface area contributed by atoms with Gasteiger partial charge in [-0.2, -0.15) is 0 Å². The summed E-state index contributed by atoms with van der Waals surface area (Å²) in [4.78, 5) is 22.5. The van der Waals surface area contributed by atoms with Crippen molar-refractivity contribution in [3.05, 3.63) is 67.1 Å². The van der Waals surface area contributed by atoms with E-state index in [1.54, 1.807) is 18.2 Å². The fraction of sp³-hybridized carbons (Fsp3) is 0.0714. The second-order valence-electron chi connectivity index (χ2n) is 4.33. The van der Waals surface area contributed by atoms with E-state index in [0.29, 0.717) is 15.2 Å². The number of benzene rings is 2. The van der Waals surface area contributed by atoms with Crippen molar-refractivity contribution in [3.8, 4) is 0 Å². The molecular weight excluding hydrogens is 360 g/mol. The molecule has 0 atom stereocenters. The van der Waals surface area contributed by atoms with Gasteiger partial charge in [-0.1, -0.05) is 17.7 Å². The number of nitro benzene ring substituents is 1. The summed E-state index contributed by atoms with van der Waals surface area (Å²) in [6, 6.07) is 9.14. The van der Waals surface area contributed by atoms with E-state index in [-0.39, 0.29) is 11.3 Å². The first-order chi connectivity index (χ1) is 9.88. The van der Waals surface area contributed by atoms with Gasteiger partial charge in [0.15, 0.2) is 0 Å². The Labute approximate surface area is 134 Å². The predicted molar refractivity (Wildman–Crippen MR) is 84.9 cm³/mol. The summed E-state index contributed by atoms with van der Waals surface area (Å²) in [6.07, 6.45) is 0. The van der Waals surface area contributed by atoms with E-state index < -0.39 is 10.8 Å². The van der Waals surface area contributed by atoms with Crippen molar-refractivity contribution in [2.24, 2.45) is 0 Å². The molecule has 21 heavy (non-hydrogen) atoms. The van der Waals surface area contributed by atoms with Gasteiger partial charge in [-0.3, -0.25) is 14.9 Å². The van der Waals surface area contributed by atoms with Gasteiger partial charge < -0.3 is 5.32 Å². The number of nitrogens with zero attached hydrogens (tertiary/aromatic N) is 1. The van der Waals surface area contributed by atoms with Crippen LogP contribution in [0.2, 0.25) is 5.02 Å². The van der Waals surface area contributed by atoms with Crippen LogP contribution in [0.1, 0.15) is 15.9 Å². The summed E-state index contributed by atoms with van der Waals surface area (Å²) in [5.41, 5.74) is 1.44. The molecule has 0 saturated heterocycles. The second kappa shape index (κ2) is 6.24. The number of carbonyl (C=O) groups is 1. The number of nitro groups is 1. The monoisotopic (exact) mass is 368 g/mol. The highest BCUT2D eigenvalue weighted by Gasteiger charge is 2.16. The Morgan fingerprint density at radius 1 is 1.29 bits per heavy atom. The zero-order valence-electron chi connectivity index (χ0n) is 10.9. The molecule has 2 aromatic carbocycles. The molecule has 0 aromatic heterocycles. The Balaban J connectivity index is 2.34. The fourth-order valence-corrected chi connectivity index (χ4v) is 2.32. The minimum Gasteiger partial charge on any atom is -0.322 e. The molecule has 0 aliphatic rings. The van der Waals surface area contributed by atoms with Crippen LogP contribution in [0.15, 0.2) is 40.9 Å². The normalized spacial score (nSPS) is 10.2. The van der Waals surface area contributed by atoms with Crippen LogP contribution < -0.4 is 5.32 Å². The van der Waals surface area contributed by atoms with E-state index in [0.717, 1.165) is 5.56 Å². The highest BCUT2D eigenvalue weighted by Crippen LogP contribution is 2.25. The van der Waals surface area contributed by atoms with E-state index in [1.165, 1.54) is 18.2 Å². The van der Waals surface area contributed by atoms with E-state index in [1.807, 2.05) is 6.92 Å². The van der Waals surface area contributed by atoms with Gasteiger partial charge in [-0.15, -0.1) is 0 Å². The number of hydrogen-bond acceptors (Lipinski definition) is 3. The minimum absolute atomic E-state index is 0.147. The number of non-ortho nitro benzene ring substituents is 1. The van der Waals surface area contributed by atoms with Gasteiger partial charge in [0.25, 0.3) is 11.6 Å². The Morgan fingerprint density at radius 3 is 2.67 bits per heavy atom. The largest absolute Gasteiger partial charge is 0.322 e. The van der Waals surface area contributed by atoms with Crippen LogP contribution >= 0.6 is 27.5 Å². The molecule has 108 valence electrons. The van der Waals surface area contributed by atoms with Crippen LogP contribution in [-0.4, -0.2) is 10.8 Å². The molecule has 7 heteroatoms. The molecule has 2 aromatic rings. The van der Waals surface area contributed by atoms with Crippen LogP contribution in [0, 0.1) is 17.0 Å². The number of aryl methyl sites for hydroxylation is 1. The van der Waals surface area contributed by atoms with E-state index in [9.17, 15) is 14.9 Å². The van der Waals surface area contributed by atoms with Gasteiger partial charge in [-0.25, -0.2) is 0 Å². The molecule has 0 aliphatic carbocycles. The minimum atomic E-state index is -0.548. The number of nitrogens with one attached hydrogen (secondary N) is 1. The molecule has 0 heterocycles. The Kier molecular flexibility index (Phi) is 4.59. The van der Waals surface area contributed by atoms with Crippen LogP contribution in [0.4, 0.5) is 11.4 Å². The van der Waals surface area contributed by atoms with Gasteiger partial charge in [0.05, 0.1) is 10.5 Å². The number of halogens is 2. The van der Waals surface area contributed by atoms with Crippen molar-refractivity contribution < 1.29 is 9.72 Å². The summed E-state index contributed by atoms with van der Waals surface area (Å²) in [6.45, 7) is 1.83. The van der Waals surface area contributed by atoms with Gasteiger partial charge in [0, 0.05) is 27.3 Å². The molecular formula is C14H10BrClN2O3. The molecule has 1 amide bonds. The number of hydrogen-bond donors (Lipinski definition) is 1. The summed E-state index contributed by atoms with van der Waals surface area (Å²) >= 11 is 9.11. The van der Waals surface area contributed by atoms with E-state index in [2.05, 4.69) is 21.2 Å². The highest BCUT2D eigenvalue weighted by molar-refractivity contribution is 9.10. The molecule has 0 unspecified atom stereocenters. The molecule has 1 N–H and O–H groups in total. The highest BCUT2D eigenvalue weighted by atomic mass is 79.9. The SMILES string of the molecule is Cc1ccc(Cl)cc1NC(=O)c1cc([N+](=O)[O-])ccc1Br. The van der Waals surface area contributed by atoms with Gasteiger partial charge in [0.1, 0.15) is 0 Å². The fourth-order valence-electron chi connectivity index (χ4n) is 1.72. The smallest absolute Gasteiger partial charge is 0.270 e. The molecule has 0 aliphatic heterocycles. The quantitative estimate of drug-likeness (QED) is 0.636. The first-order valence-electron chi connectivity index (χ1n) is 5.90. The van der Waals surface area contributed by atoms with Crippen molar-refractivity contribution in [2.45, 2.75) is 6.92 Å². The summed E-state index contributed by atoms with van der Waals surface area (Å²) in [5.74, 6) is -0.448. The lowest BCUT2D eigenvalue weighted by molar-refractivity contribution is -0.384. The summed E-state index contributed by atoms with van der Waals surface area (Å²) < 4.78 is 0.477. The average Bonchev–Trinajstić information content (AvgIpc) is 2.43. The Morgan fingerprint density at radius 2 is 2.00 bits per heavy atom. The molecule has 0 radical (unpaired) electrons. The average molecular weight is 370 g/mol. The zero-order chi connectivity index (χ0) is 15.6. The third-order valence-electron chi connectivity index (χ3n) is 2.85. The molecule has 5 nitrogen and oxygen atoms in total. The van der Waals surface area contributed by atoms with Crippen LogP contribution in [0.5, 0.6) is 0 Å². The molecule has 0 saturated carbocycles. The van der Waals surface area contributed by atoms with E-state index >= 15 is 0 Å². The third-order valence-corrected chi connectivity index (χ3v) is 3.78. The third kappa shape index (κ3) is 3.59. The molecule has 2 rings (SSSR count). The molecule has 0 fully saturated rings. The lowest BCUT2D eigenvalue weighted by Gasteiger charge is -2.10. The second-order valence-corrected chi connectivity index (χ2v) is 5.63. The first kappa shape index (κ1) is 15.5. The van der Waals surface area contributed by atoms with Crippen molar-refractivity contribution in [1.29, 1.82) is 0 Å².